The molecule has 0 aromatic carbocycles. The molecule has 0 fully saturated rings. The Hall–Kier alpha value is -0.697. The summed E-state index contributed by atoms with van der Waals surface area (Å²) in [7, 11) is 0. The molecule has 0 heterocycles. The van der Waals surface area contributed by atoms with Crippen LogP contribution in [0.3, 0.4) is 0 Å². The Labute approximate surface area is 89.7 Å². The van der Waals surface area contributed by atoms with E-state index >= 15 is 0 Å². The largest absolute Gasteiger partial charge is 2.00 e. The summed E-state index contributed by atoms with van der Waals surface area (Å²) < 4.78 is 0. The maximum atomic E-state index is 9.49. The summed E-state index contributed by atoms with van der Waals surface area (Å²) in [6.45, 7) is 7.38. The van der Waals surface area contributed by atoms with E-state index in [4.69, 9.17) is 9.90 Å². The molecule has 0 saturated heterocycles. The predicted molar refractivity (Wildman–Crippen MR) is 35.0 cm³/mol. The van der Waals surface area contributed by atoms with Crippen LogP contribution in [0.5, 0.6) is 0 Å². The Balaban J connectivity index is -0.000000126. The number of carboxylic acid groups (broad SMARTS) is 2. The molecule has 0 radical (unpaired) electrons. The summed E-state index contributed by atoms with van der Waals surface area (Å²) in [6.07, 6.45) is 0.722. The fraction of sp³-hybridized carbons (Fsp3) is 0.143. The molecule has 0 aliphatic heterocycles. The minimum absolute atomic E-state index is 0. The molecule has 0 bridgehead atoms. The van der Waals surface area contributed by atoms with Crippen LogP contribution < -0.4 is 10.2 Å². The van der Waals surface area contributed by atoms with Crippen molar-refractivity contribution in [1.82, 2.24) is 0 Å². The van der Waals surface area contributed by atoms with E-state index in [1.165, 1.54) is 6.92 Å². The van der Waals surface area contributed by atoms with Crippen LogP contribution in [-0.2, 0) is 35.8 Å². The Kier molecular flexibility index (Phi) is 14.9. The molecule has 0 aliphatic rings. The van der Waals surface area contributed by atoms with Gasteiger partial charge in [-0.15, -0.1) is 0 Å². The molecule has 0 aromatic heterocycles. The van der Waals surface area contributed by atoms with Gasteiger partial charge in [0.15, 0.2) is 0 Å². The molecule has 12 heavy (non-hydrogen) atoms. The maximum Gasteiger partial charge on any atom is 2.00 e. The summed E-state index contributed by atoms with van der Waals surface area (Å²) in [4.78, 5) is 18.6. The van der Waals surface area contributed by atoms with E-state index in [1.807, 2.05) is 0 Å². The summed E-state index contributed by atoms with van der Waals surface area (Å²) in [5, 5.41) is 18.6. The van der Waals surface area contributed by atoms with Gasteiger partial charge in [-0.05, 0) is 18.6 Å². The number of carbonyl (C=O) groups excluding carboxylic acids is 2. The van der Waals surface area contributed by atoms with Crippen LogP contribution in [0.1, 0.15) is 6.92 Å². The third-order valence-corrected chi connectivity index (χ3v) is 0.515. The molecule has 0 amide bonds. The van der Waals surface area contributed by atoms with Crippen LogP contribution in [0.25, 0.3) is 0 Å². The number of carbonyl (C=O) groups is 2. The fourth-order valence-corrected chi connectivity index (χ4v) is 0. The van der Waals surface area contributed by atoms with Gasteiger partial charge in [-0.3, -0.25) is 0 Å². The normalized spacial score (nSPS) is 6.42. The predicted octanol–water partition coefficient (Wildman–Crippen LogP) is -1.77. The van der Waals surface area contributed by atoms with Crippen molar-refractivity contribution in [3.63, 3.8) is 0 Å². The van der Waals surface area contributed by atoms with E-state index < -0.39 is 11.9 Å². The first-order valence-corrected chi connectivity index (χ1v) is 2.62. The van der Waals surface area contributed by atoms with Crippen LogP contribution in [-0.4, -0.2) is 11.9 Å². The minimum Gasteiger partial charge on any atom is -0.545 e. The summed E-state index contributed by atoms with van der Waals surface area (Å²) in [5.41, 5.74) is 0.0648. The van der Waals surface area contributed by atoms with Crippen molar-refractivity contribution < 1.29 is 46.0 Å². The van der Waals surface area contributed by atoms with Crippen LogP contribution >= 0.6 is 0 Å². The van der Waals surface area contributed by atoms with Crippen molar-refractivity contribution in [3.8, 4) is 0 Å². The first-order valence-electron chi connectivity index (χ1n) is 2.62. The summed E-state index contributed by atoms with van der Waals surface area (Å²) >= 11 is 0. The van der Waals surface area contributed by atoms with Crippen molar-refractivity contribution in [2.45, 2.75) is 6.92 Å². The van der Waals surface area contributed by atoms with E-state index in [9.17, 15) is 9.90 Å². The second kappa shape index (κ2) is 10.3. The number of carboxylic acids is 2. The molecule has 64 valence electrons. The average Bonchev–Trinajstić information content (AvgIpc) is 1.89. The van der Waals surface area contributed by atoms with Gasteiger partial charge in [0.2, 0.25) is 0 Å². The molecule has 0 rings (SSSR count). The molecule has 0 unspecified atom stereocenters. The van der Waals surface area contributed by atoms with Crippen LogP contribution in [0.15, 0.2) is 24.8 Å². The van der Waals surface area contributed by atoms with Crippen molar-refractivity contribution in [2.24, 2.45) is 0 Å². The van der Waals surface area contributed by atoms with Gasteiger partial charge in [-0.1, -0.05) is 13.2 Å². The number of aliphatic carboxylic acids is 2. The van der Waals surface area contributed by atoms with Crippen molar-refractivity contribution in [3.05, 3.63) is 24.8 Å². The zero-order chi connectivity index (χ0) is 9.44. The minimum atomic E-state index is -1.23. The zero-order valence-corrected chi connectivity index (χ0v) is 9.08. The van der Waals surface area contributed by atoms with Gasteiger partial charge < -0.3 is 19.8 Å². The molecule has 5 heteroatoms. The van der Waals surface area contributed by atoms with E-state index in [0.717, 1.165) is 6.08 Å². The van der Waals surface area contributed by atoms with Gasteiger partial charge in [0, 0.05) is 0 Å². The molecule has 0 aromatic rings. The third-order valence-electron chi connectivity index (χ3n) is 0.515. The number of hydrogen-bond donors (Lipinski definition) is 0. The second-order valence-corrected chi connectivity index (χ2v) is 1.59. The van der Waals surface area contributed by atoms with E-state index in [2.05, 4.69) is 13.2 Å². The number of hydrogen-bond acceptors (Lipinski definition) is 4. The summed E-state index contributed by atoms with van der Waals surface area (Å²) in [5.74, 6) is -2.42. The van der Waals surface area contributed by atoms with E-state index in [0.29, 0.717) is 0 Å². The molecule has 4 nitrogen and oxygen atoms in total. The topological polar surface area (TPSA) is 80.3 Å². The molecule has 0 atom stereocenters. The maximum absolute atomic E-state index is 9.49. The standard InChI is InChI=1S/C4H6O2.C3H4O2.Zr/c1-3(2)4(5)6;1-2-3(4)5;/h1H2,2H3,(H,5,6);2H,1H2,(H,4,5);/q;;+2/p-2. The van der Waals surface area contributed by atoms with Crippen LogP contribution in [0, 0.1) is 0 Å². The molecular weight excluding hydrogens is 239 g/mol. The van der Waals surface area contributed by atoms with Gasteiger partial charge >= 0.3 is 26.2 Å². The van der Waals surface area contributed by atoms with Crippen molar-refractivity contribution in [2.75, 3.05) is 0 Å². The Morgan fingerprint density at radius 3 is 1.50 bits per heavy atom. The quantitative estimate of drug-likeness (QED) is 0.541. The number of rotatable bonds is 2. The fourth-order valence-electron chi connectivity index (χ4n) is 0. The first-order chi connectivity index (χ1) is 4.91. The Bertz CT molecular complexity index is 174. The monoisotopic (exact) mass is 246 g/mol. The smallest absolute Gasteiger partial charge is 0.545 e. The van der Waals surface area contributed by atoms with Gasteiger partial charge in [-0.25, -0.2) is 0 Å². The molecule has 0 N–H and O–H groups in total. The van der Waals surface area contributed by atoms with Crippen LogP contribution in [0.4, 0.5) is 0 Å². The molecular formula is C7H8O4Zr. The van der Waals surface area contributed by atoms with Crippen molar-refractivity contribution in [1.29, 1.82) is 0 Å². The first kappa shape index (κ1) is 17.4. The average molecular weight is 247 g/mol. The van der Waals surface area contributed by atoms with E-state index in [-0.39, 0.29) is 31.8 Å². The summed E-state index contributed by atoms with van der Waals surface area (Å²) in [6, 6.07) is 0. The van der Waals surface area contributed by atoms with Crippen LogP contribution in [0.2, 0.25) is 0 Å². The van der Waals surface area contributed by atoms with Crippen molar-refractivity contribution >= 4 is 11.9 Å². The Morgan fingerprint density at radius 1 is 1.33 bits per heavy atom. The van der Waals surface area contributed by atoms with Gasteiger partial charge in [-0.2, -0.15) is 0 Å². The van der Waals surface area contributed by atoms with Gasteiger partial charge in [0.1, 0.15) is 0 Å². The second-order valence-electron chi connectivity index (χ2n) is 1.59. The molecule has 0 aliphatic carbocycles. The Morgan fingerprint density at radius 2 is 1.50 bits per heavy atom. The molecule has 0 spiro atoms. The third kappa shape index (κ3) is 22.8. The molecule has 0 saturated carbocycles. The van der Waals surface area contributed by atoms with E-state index in [1.54, 1.807) is 0 Å². The zero-order valence-electron chi connectivity index (χ0n) is 6.62. The van der Waals surface area contributed by atoms with Gasteiger partial charge in [0.05, 0.1) is 11.9 Å². The van der Waals surface area contributed by atoms with Gasteiger partial charge in [0.25, 0.3) is 0 Å². The SMILES string of the molecule is C=C(C)C(=O)[O-].C=CC(=O)[O-].[Zr+2].